The Kier molecular flexibility index (Phi) is 5.24. The van der Waals surface area contributed by atoms with Crippen molar-refractivity contribution in [2.75, 3.05) is 11.1 Å². The first-order valence-corrected chi connectivity index (χ1v) is 9.98. The number of nitrogens with zero attached hydrogens (tertiary/aromatic N) is 2. The minimum atomic E-state index is -0.102. The number of hydrogen-bond donors (Lipinski definition) is 1. The molecule has 1 aromatic carbocycles. The Morgan fingerprint density at radius 3 is 2.92 bits per heavy atom. The monoisotopic (exact) mass is 375 g/mol. The van der Waals surface area contributed by atoms with Crippen molar-refractivity contribution in [3.8, 4) is 0 Å². The first-order chi connectivity index (χ1) is 11.8. The number of amides is 1. The molecule has 1 aromatic heterocycles. The van der Waals surface area contributed by atoms with Gasteiger partial charge in [0, 0.05) is 24.4 Å². The molecule has 0 fully saturated rings. The molecule has 1 amide bonds. The van der Waals surface area contributed by atoms with Crippen LogP contribution in [0.3, 0.4) is 0 Å². The molecule has 132 valence electrons. The van der Waals surface area contributed by atoms with Gasteiger partial charge in [0.15, 0.2) is 5.16 Å². The van der Waals surface area contributed by atoms with Gasteiger partial charge in [-0.1, -0.05) is 36.4 Å². The van der Waals surface area contributed by atoms with Crippen molar-refractivity contribution in [3.05, 3.63) is 45.4 Å². The summed E-state index contributed by atoms with van der Waals surface area (Å²) >= 11 is 2.88. The highest BCUT2D eigenvalue weighted by Crippen LogP contribution is 2.33. The number of hydrogen-bond acceptors (Lipinski definition) is 5. The topological polar surface area (TPSA) is 64.0 Å². The van der Waals surface area contributed by atoms with Crippen LogP contribution < -0.4 is 10.9 Å². The van der Waals surface area contributed by atoms with Crippen LogP contribution in [0.5, 0.6) is 0 Å². The Hall–Kier alpha value is -1.73. The number of benzene rings is 1. The van der Waals surface area contributed by atoms with Gasteiger partial charge >= 0.3 is 0 Å². The Bertz CT molecular complexity index is 893. The molecule has 25 heavy (non-hydrogen) atoms. The molecule has 0 spiro atoms. The van der Waals surface area contributed by atoms with Gasteiger partial charge in [0.2, 0.25) is 5.91 Å². The molecule has 1 aliphatic rings. The highest BCUT2D eigenvalue weighted by molar-refractivity contribution is 8.00. The van der Waals surface area contributed by atoms with Gasteiger partial charge in [0.1, 0.15) is 0 Å². The normalized spacial score (nSPS) is 15.9. The minimum absolute atomic E-state index is 0.0170. The number of aryl methyl sites for hydroxylation is 2. The number of carbonyl (C=O) groups is 1. The summed E-state index contributed by atoms with van der Waals surface area (Å²) in [6.07, 6.45) is 0.804. The third kappa shape index (κ3) is 3.93. The van der Waals surface area contributed by atoms with Gasteiger partial charge in [0.25, 0.3) is 5.56 Å². The van der Waals surface area contributed by atoms with Crippen LogP contribution in [0, 0.1) is 13.8 Å². The molecule has 0 aliphatic carbocycles. The van der Waals surface area contributed by atoms with Crippen LogP contribution in [0.2, 0.25) is 0 Å². The molecule has 1 aliphatic heterocycles. The van der Waals surface area contributed by atoms with E-state index in [0.29, 0.717) is 10.4 Å². The third-order valence-electron chi connectivity index (χ3n) is 4.07. The van der Waals surface area contributed by atoms with Crippen LogP contribution in [-0.4, -0.2) is 26.5 Å². The number of carbonyl (C=O) groups excluding carboxylic acids is 1. The van der Waals surface area contributed by atoms with E-state index in [1.165, 1.54) is 11.8 Å². The largest absolute Gasteiger partial charge is 0.325 e. The molecule has 5 nitrogen and oxygen atoms in total. The Morgan fingerprint density at radius 2 is 2.20 bits per heavy atom. The zero-order chi connectivity index (χ0) is 18.1. The van der Waals surface area contributed by atoms with E-state index in [0.717, 1.165) is 33.8 Å². The van der Waals surface area contributed by atoms with Crippen LogP contribution in [0.4, 0.5) is 5.69 Å². The quantitative estimate of drug-likeness (QED) is 0.657. The summed E-state index contributed by atoms with van der Waals surface area (Å²) in [5.74, 6) is 0.115. The Labute approximate surface area is 155 Å². The maximum absolute atomic E-state index is 12.4. The highest BCUT2D eigenvalue weighted by atomic mass is 32.2. The predicted octanol–water partition coefficient (Wildman–Crippen LogP) is 3.16. The first-order valence-electron chi connectivity index (χ1n) is 8.11. The summed E-state index contributed by atoms with van der Waals surface area (Å²) in [6.45, 7) is 6.09. The molecule has 0 radical (unpaired) electrons. The lowest BCUT2D eigenvalue weighted by molar-refractivity contribution is -0.113. The number of rotatable bonds is 4. The second-order valence-electron chi connectivity index (χ2n) is 6.32. The molecule has 7 heteroatoms. The second kappa shape index (κ2) is 7.25. The van der Waals surface area contributed by atoms with E-state index in [1.807, 2.05) is 32.0 Å². The molecule has 1 atom stereocenters. The predicted molar refractivity (Wildman–Crippen MR) is 104 cm³/mol. The van der Waals surface area contributed by atoms with Crippen molar-refractivity contribution in [3.63, 3.8) is 0 Å². The lowest BCUT2D eigenvalue weighted by Crippen LogP contribution is -2.23. The maximum Gasteiger partial charge on any atom is 0.267 e. The van der Waals surface area contributed by atoms with E-state index < -0.39 is 0 Å². The highest BCUT2D eigenvalue weighted by Gasteiger charge is 2.25. The van der Waals surface area contributed by atoms with Crippen molar-refractivity contribution in [2.45, 2.75) is 42.5 Å². The standard InChI is InChI=1S/C18H21N3O2S2/c1-10-5-6-13(11(2)7-10)19-15(22)9-24-18-20-14-8-12(3)25-16(14)17(23)21(18)4/h5-7,12H,8-9H2,1-4H3,(H,19,22)/t12-/m1/s1. The van der Waals surface area contributed by atoms with Crippen LogP contribution in [0.25, 0.3) is 0 Å². The molecule has 2 heterocycles. The summed E-state index contributed by atoms with van der Waals surface area (Å²) in [4.78, 5) is 30.0. The number of aromatic nitrogens is 2. The van der Waals surface area contributed by atoms with E-state index in [1.54, 1.807) is 23.4 Å². The smallest absolute Gasteiger partial charge is 0.267 e. The Morgan fingerprint density at radius 1 is 1.44 bits per heavy atom. The average molecular weight is 376 g/mol. The number of thioether (sulfide) groups is 2. The molecule has 1 N–H and O–H groups in total. The van der Waals surface area contributed by atoms with E-state index in [-0.39, 0.29) is 17.2 Å². The van der Waals surface area contributed by atoms with E-state index in [9.17, 15) is 9.59 Å². The van der Waals surface area contributed by atoms with Gasteiger partial charge in [-0.3, -0.25) is 14.2 Å². The fraction of sp³-hybridized carbons (Fsp3) is 0.389. The van der Waals surface area contributed by atoms with Crippen molar-refractivity contribution < 1.29 is 4.79 Å². The molecule has 2 aromatic rings. The lowest BCUT2D eigenvalue weighted by Gasteiger charge is -2.11. The Balaban J connectivity index is 1.70. The van der Waals surface area contributed by atoms with Crippen molar-refractivity contribution in [1.82, 2.24) is 9.55 Å². The molecule has 0 saturated carbocycles. The minimum Gasteiger partial charge on any atom is -0.325 e. The second-order valence-corrected chi connectivity index (χ2v) is 8.71. The summed E-state index contributed by atoms with van der Waals surface area (Å²) in [7, 11) is 1.71. The van der Waals surface area contributed by atoms with Gasteiger partial charge in [0.05, 0.1) is 16.3 Å². The van der Waals surface area contributed by atoms with Crippen molar-refractivity contribution in [2.24, 2.45) is 7.05 Å². The molecular weight excluding hydrogens is 354 g/mol. The zero-order valence-corrected chi connectivity index (χ0v) is 16.4. The van der Waals surface area contributed by atoms with E-state index in [2.05, 4.69) is 17.2 Å². The molecule has 3 rings (SSSR count). The van der Waals surface area contributed by atoms with Gasteiger partial charge in [-0.15, -0.1) is 11.8 Å². The van der Waals surface area contributed by atoms with Crippen LogP contribution >= 0.6 is 23.5 Å². The summed E-state index contributed by atoms with van der Waals surface area (Å²) in [5.41, 5.74) is 3.86. The zero-order valence-electron chi connectivity index (χ0n) is 14.8. The van der Waals surface area contributed by atoms with Crippen LogP contribution in [-0.2, 0) is 18.3 Å². The van der Waals surface area contributed by atoms with Crippen molar-refractivity contribution >= 4 is 35.1 Å². The van der Waals surface area contributed by atoms with Gasteiger partial charge in [-0.2, -0.15) is 0 Å². The fourth-order valence-corrected chi connectivity index (χ4v) is 4.71. The van der Waals surface area contributed by atoms with Crippen LogP contribution in [0.15, 0.2) is 33.0 Å². The first kappa shape index (κ1) is 18.1. The number of nitrogens with one attached hydrogen (secondary N) is 1. The van der Waals surface area contributed by atoms with Crippen LogP contribution in [0.1, 0.15) is 23.7 Å². The fourth-order valence-electron chi connectivity index (χ4n) is 2.78. The molecule has 0 saturated heterocycles. The van der Waals surface area contributed by atoms with Crippen molar-refractivity contribution in [1.29, 1.82) is 0 Å². The van der Waals surface area contributed by atoms with Gasteiger partial charge in [-0.25, -0.2) is 4.98 Å². The molecular formula is C18H21N3O2S2. The molecule has 0 unspecified atom stereocenters. The SMILES string of the molecule is Cc1ccc(NC(=O)CSc2nc3c(c(=O)n2C)S[C@H](C)C3)c(C)c1. The summed E-state index contributed by atoms with van der Waals surface area (Å²) in [5, 5.41) is 3.89. The third-order valence-corrected chi connectivity index (χ3v) is 6.31. The average Bonchev–Trinajstić information content (AvgIpc) is 2.93. The summed E-state index contributed by atoms with van der Waals surface area (Å²) < 4.78 is 1.54. The molecule has 0 bridgehead atoms. The van der Waals surface area contributed by atoms with Gasteiger partial charge < -0.3 is 5.32 Å². The van der Waals surface area contributed by atoms with Gasteiger partial charge in [-0.05, 0) is 25.5 Å². The summed E-state index contributed by atoms with van der Waals surface area (Å²) in [6, 6.07) is 5.92. The number of fused-ring (bicyclic) bond motifs is 1. The number of anilines is 1. The lowest BCUT2D eigenvalue weighted by atomic mass is 10.1. The maximum atomic E-state index is 12.4. The van der Waals surface area contributed by atoms with E-state index in [4.69, 9.17) is 0 Å². The van der Waals surface area contributed by atoms with E-state index >= 15 is 0 Å².